The summed E-state index contributed by atoms with van der Waals surface area (Å²) in [5, 5.41) is 2.48. The van der Waals surface area contributed by atoms with E-state index in [0.717, 1.165) is 0 Å². The van der Waals surface area contributed by atoms with Crippen molar-refractivity contribution in [1.82, 2.24) is 5.32 Å². The van der Waals surface area contributed by atoms with Gasteiger partial charge < -0.3 is 20.5 Å². The van der Waals surface area contributed by atoms with E-state index in [2.05, 4.69) is 10.1 Å². The highest BCUT2D eigenvalue weighted by Gasteiger charge is 2.16. The maximum atomic E-state index is 11.5. The molecule has 0 saturated carbocycles. The number of anilines is 1. The molecule has 0 bridgehead atoms. The molecular weight excluding hydrogens is 236 g/mol. The standard InChI is InChI=1S/C12H16N2O4/c1-14-10(15)6-7-18-9-5-3-4-8(13)11(9)12(16)17-2/h3-5H,6-7,13H2,1-2H3,(H,14,15). The zero-order chi connectivity index (χ0) is 13.5. The third kappa shape index (κ3) is 3.38. The fourth-order valence-corrected chi connectivity index (χ4v) is 1.37. The second-order valence-corrected chi connectivity index (χ2v) is 3.48. The Morgan fingerprint density at radius 1 is 1.39 bits per heavy atom. The van der Waals surface area contributed by atoms with E-state index in [9.17, 15) is 9.59 Å². The number of carbonyl (C=O) groups excluding carboxylic acids is 2. The van der Waals surface area contributed by atoms with Gasteiger partial charge in [0.25, 0.3) is 0 Å². The fourth-order valence-electron chi connectivity index (χ4n) is 1.37. The van der Waals surface area contributed by atoms with E-state index < -0.39 is 5.97 Å². The van der Waals surface area contributed by atoms with Gasteiger partial charge in [0.1, 0.15) is 11.3 Å². The van der Waals surface area contributed by atoms with E-state index in [1.54, 1.807) is 25.2 Å². The van der Waals surface area contributed by atoms with Gasteiger partial charge in [-0.2, -0.15) is 0 Å². The van der Waals surface area contributed by atoms with Gasteiger partial charge in [-0.3, -0.25) is 4.79 Å². The van der Waals surface area contributed by atoms with E-state index >= 15 is 0 Å². The Kier molecular flexibility index (Phi) is 4.98. The van der Waals surface area contributed by atoms with Gasteiger partial charge in [-0.1, -0.05) is 6.07 Å². The molecule has 1 amide bonds. The van der Waals surface area contributed by atoms with Crippen LogP contribution >= 0.6 is 0 Å². The minimum atomic E-state index is -0.567. The first-order valence-electron chi connectivity index (χ1n) is 5.40. The third-order valence-corrected chi connectivity index (χ3v) is 2.31. The zero-order valence-corrected chi connectivity index (χ0v) is 10.4. The van der Waals surface area contributed by atoms with Crippen molar-refractivity contribution in [1.29, 1.82) is 0 Å². The van der Waals surface area contributed by atoms with Crippen molar-refractivity contribution in [2.45, 2.75) is 6.42 Å². The zero-order valence-electron chi connectivity index (χ0n) is 10.4. The van der Waals surface area contributed by atoms with Crippen LogP contribution in [0.1, 0.15) is 16.8 Å². The molecule has 6 heteroatoms. The molecule has 0 spiro atoms. The van der Waals surface area contributed by atoms with E-state index in [0.29, 0.717) is 5.75 Å². The Labute approximate surface area is 105 Å². The molecule has 18 heavy (non-hydrogen) atoms. The molecule has 1 aromatic rings. The molecule has 6 nitrogen and oxygen atoms in total. The lowest BCUT2D eigenvalue weighted by Crippen LogP contribution is -2.20. The minimum Gasteiger partial charge on any atom is -0.492 e. The Hall–Kier alpha value is -2.24. The number of hydrogen-bond donors (Lipinski definition) is 2. The molecule has 0 heterocycles. The summed E-state index contributed by atoms with van der Waals surface area (Å²) in [6, 6.07) is 4.85. The molecule has 1 aromatic carbocycles. The topological polar surface area (TPSA) is 90.6 Å². The number of rotatable bonds is 5. The molecule has 0 fully saturated rings. The second kappa shape index (κ2) is 6.48. The molecule has 0 saturated heterocycles. The number of hydrogen-bond acceptors (Lipinski definition) is 5. The predicted octanol–water partition coefficient (Wildman–Crippen LogP) is 0.570. The smallest absolute Gasteiger partial charge is 0.343 e. The summed E-state index contributed by atoms with van der Waals surface area (Å²) in [5.74, 6) is -0.396. The van der Waals surface area contributed by atoms with E-state index in [4.69, 9.17) is 10.5 Å². The SMILES string of the molecule is CNC(=O)CCOc1cccc(N)c1C(=O)OC. The second-order valence-electron chi connectivity index (χ2n) is 3.48. The van der Waals surface area contributed by atoms with Crippen molar-refractivity contribution in [3.63, 3.8) is 0 Å². The van der Waals surface area contributed by atoms with Crippen LogP contribution in [0.2, 0.25) is 0 Å². The summed E-state index contributed by atoms with van der Waals surface area (Å²) >= 11 is 0. The Morgan fingerprint density at radius 3 is 2.72 bits per heavy atom. The van der Waals surface area contributed by atoms with Gasteiger partial charge >= 0.3 is 5.97 Å². The molecule has 1 rings (SSSR count). The molecule has 3 N–H and O–H groups in total. The van der Waals surface area contributed by atoms with Crippen LogP contribution in [-0.2, 0) is 9.53 Å². The lowest BCUT2D eigenvalue weighted by atomic mass is 10.1. The number of esters is 1. The lowest BCUT2D eigenvalue weighted by molar-refractivity contribution is -0.121. The van der Waals surface area contributed by atoms with Gasteiger partial charge in [0, 0.05) is 12.7 Å². The van der Waals surface area contributed by atoms with Crippen LogP contribution in [0.5, 0.6) is 5.75 Å². The number of nitrogen functional groups attached to an aromatic ring is 1. The van der Waals surface area contributed by atoms with Gasteiger partial charge in [0.15, 0.2) is 0 Å². The van der Waals surface area contributed by atoms with Crippen LogP contribution in [0.25, 0.3) is 0 Å². The van der Waals surface area contributed by atoms with Crippen molar-refractivity contribution in [3.8, 4) is 5.75 Å². The Morgan fingerprint density at radius 2 is 2.11 bits per heavy atom. The largest absolute Gasteiger partial charge is 0.492 e. The molecule has 0 aliphatic rings. The first-order valence-corrected chi connectivity index (χ1v) is 5.40. The highest BCUT2D eigenvalue weighted by molar-refractivity contribution is 5.98. The average molecular weight is 252 g/mol. The number of benzene rings is 1. The molecule has 0 aromatic heterocycles. The van der Waals surface area contributed by atoms with Crippen LogP contribution in [0.3, 0.4) is 0 Å². The number of amides is 1. The minimum absolute atomic E-state index is 0.140. The van der Waals surface area contributed by atoms with Crippen LogP contribution in [0.4, 0.5) is 5.69 Å². The number of nitrogens with two attached hydrogens (primary N) is 1. The van der Waals surface area contributed by atoms with Crippen LogP contribution in [0.15, 0.2) is 18.2 Å². The first kappa shape index (κ1) is 13.8. The summed E-state index contributed by atoms with van der Waals surface area (Å²) in [4.78, 5) is 22.6. The monoisotopic (exact) mass is 252 g/mol. The van der Waals surface area contributed by atoms with Crippen LogP contribution in [-0.4, -0.2) is 32.6 Å². The third-order valence-electron chi connectivity index (χ3n) is 2.31. The molecule has 0 radical (unpaired) electrons. The maximum absolute atomic E-state index is 11.5. The Balaban J connectivity index is 2.79. The van der Waals surface area contributed by atoms with E-state index in [1.807, 2.05) is 0 Å². The number of methoxy groups -OCH3 is 1. The van der Waals surface area contributed by atoms with Gasteiger partial charge in [-0.15, -0.1) is 0 Å². The number of nitrogens with one attached hydrogen (secondary N) is 1. The summed E-state index contributed by atoms with van der Waals surface area (Å²) in [6.45, 7) is 0.160. The molecule has 98 valence electrons. The van der Waals surface area contributed by atoms with Gasteiger partial charge in [-0.05, 0) is 12.1 Å². The maximum Gasteiger partial charge on any atom is 0.343 e. The summed E-state index contributed by atoms with van der Waals surface area (Å²) in [7, 11) is 2.81. The highest BCUT2D eigenvalue weighted by atomic mass is 16.5. The summed E-state index contributed by atoms with van der Waals surface area (Å²) < 4.78 is 10.00. The number of ether oxygens (including phenoxy) is 2. The summed E-state index contributed by atoms with van der Waals surface area (Å²) in [6.07, 6.45) is 0.200. The first-order chi connectivity index (χ1) is 8.60. The fraction of sp³-hybridized carbons (Fsp3) is 0.333. The van der Waals surface area contributed by atoms with Gasteiger partial charge in [-0.25, -0.2) is 4.79 Å². The molecule has 0 atom stereocenters. The molecule has 0 aliphatic carbocycles. The van der Waals surface area contributed by atoms with Gasteiger partial charge in [0.2, 0.25) is 5.91 Å². The molecule has 0 aliphatic heterocycles. The normalized spacial score (nSPS) is 9.67. The van der Waals surface area contributed by atoms with Crippen LogP contribution in [0, 0.1) is 0 Å². The van der Waals surface area contributed by atoms with Crippen molar-refractivity contribution in [2.75, 3.05) is 26.5 Å². The van der Waals surface area contributed by atoms with E-state index in [1.165, 1.54) is 7.11 Å². The van der Waals surface area contributed by atoms with Crippen molar-refractivity contribution >= 4 is 17.6 Å². The molecule has 0 unspecified atom stereocenters. The highest BCUT2D eigenvalue weighted by Crippen LogP contribution is 2.25. The number of carbonyl (C=O) groups is 2. The summed E-state index contributed by atoms with van der Waals surface area (Å²) in [5.41, 5.74) is 6.15. The van der Waals surface area contributed by atoms with Crippen molar-refractivity contribution in [3.05, 3.63) is 23.8 Å². The van der Waals surface area contributed by atoms with Crippen molar-refractivity contribution < 1.29 is 19.1 Å². The predicted molar refractivity (Wildman–Crippen MR) is 66.4 cm³/mol. The lowest BCUT2D eigenvalue weighted by Gasteiger charge is -2.11. The van der Waals surface area contributed by atoms with E-state index in [-0.39, 0.29) is 30.2 Å². The average Bonchev–Trinajstić information content (AvgIpc) is 2.37. The quantitative estimate of drug-likeness (QED) is 0.590. The van der Waals surface area contributed by atoms with Gasteiger partial charge in [0.05, 0.1) is 20.1 Å². The Bertz CT molecular complexity index is 446. The molecular formula is C12H16N2O4. The van der Waals surface area contributed by atoms with Crippen molar-refractivity contribution in [2.24, 2.45) is 0 Å². The van der Waals surface area contributed by atoms with Crippen LogP contribution < -0.4 is 15.8 Å².